The van der Waals surface area contributed by atoms with Crippen molar-refractivity contribution in [2.24, 2.45) is 0 Å². The minimum atomic E-state index is -0.871. The highest BCUT2D eigenvalue weighted by Crippen LogP contribution is 2.37. The molecule has 21 heavy (non-hydrogen) atoms. The quantitative estimate of drug-likeness (QED) is 0.835. The number of fused-ring (bicyclic) bond motifs is 1. The molecule has 1 unspecified atom stereocenters. The summed E-state index contributed by atoms with van der Waals surface area (Å²) in [5.41, 5.74) is 1.32. The lowest BCUT2D eigenvalue weighted by Gasteiger charge is -2.39. The van der Waals surface area contributed by atoms with E-state index in [4.69, 9.17) is 0 Å². The SMILES string of the molecule is O=C(O)C1(NC2CCCCCC2)CCCc2ccccc21. The number of aliphatic carboxylic acids is 1. The van der Waals surface area contributed by atoms with E-state index in [1.54, 1.807) is 0 Å². The number of carbonyl (C=O) groups is 1. The first kappa shape index (κ1) is 14.6. The molecule has 1 fully saturated rings. The number of rotatable bonds is 3. The zero-order valence-electron chi connectivity index (χ0n) is 12.6. The second-order valence-corrected chi connectivity index (χ2v) is 6.55. The van der Waals surface area contributed by atoms with E-state index in [0.29, 0.717) is 12.5 Å². The van der Waals surface area contributed by atoms with Crippen molar-refractivity contribution in [3.8, 4) is 0 Å². The Bertz CT molecular complexity index is 506. The fourth-order valence-electron chi connectivity index (χ4n) is 4.04. The lowest BCUT2D eigenvalue weighted by atomic mass is 9.75. The van der Waals surface area contributed by atoms with Crippen LogP contribution in [-0.2, 0) is 16.8 Å². The number of carboxylic acid groups (broad SMARTS) is 1. The van der Waals surface area contributed by atoms with Crippen LogP contribution in [0.15, 0.2) is 24.3 Å². The lowest BCUT2D eigenvalue weighted by Crippen LogP contribution is -2.55. The standard InChI is InChI=1S/C18H25NO2/c20-17(21)18(19-15-10-3-1-2-4-11-15)13-7-9-14-8-5-6-12-16(14)18/h5-6,8,12,15,19H,1-4,7,9-11,13H2,(H,20,21). The van der Waals surface area contributed by atoms with Gasteiger partial charge < -0.3 is 5.11 Å². The van der Waals surface area contributed by atoms with E-state index in [1.165, 1.54) is 31.2 Å². The molecule has 1 saturated carbocycles. The smallest absolute Gasteiger partial charge is 0.328 e. The van der Waals surface area contributed by atoms with Gasteiger partial charge in [0.25, 0.3) is 0 Å². The maximum absolute atomic E-state index is 12.1. The van der Waals surface area contributed by atoms with Gasteiger partial charge in [0.1, 0.15) is 5.54 Å². The first-order valence-electron chi connectivity index (χ1n) is 8.32. The van der Waals surface area contributed by atoms with Gasteiger partial charge >= 0.3 is 5.97 Å². The molecule has 0 heterocycles. The minimum absolute atomic E-state index is 0.342. The summed E-state index contributed by atoms with van der Waals surface area (Å²) in [7, 11) is 0. The zero-order chi connectivity index (χ0) is 14.7. The molecule has 0 aromatic heterocycles. The highest BCUT2D eigenvalue weighted by molar-refractivity contribution is 5.82. The molecule has 0 radical (unpaired) electrons. The van der Waals surface area contributed by atoms with Crippen LogP contribution in [0.25, 0.3) is 0 Å². The molecule has 3 nitrogen and oxygen atoms in total. The summed E-state index contributed by atoms with van der Waals surface area (Å²) in [4.78, 5) is 12.1. The molecule has 1 aromatic carbocycles. The van der Waals surface area contributed by atoms with Crippen LogP contribution in [0.3, 0.4) is 0 Å². The van der Waals surface area contributed by atoms with Crippen LogP contribution in [-0.4, -0.2) is 17.1 Å². The monoisotopic (exact) mass is 287 g/mol. The maximum Gasteiger partial charge on any atom is 0.328 e. The molecule has 0 amide bonds. The van der Waals surface area contributed by atoms with Gasteiger partial charge in [-0.05, 0) is 43.2 Å². The molecule has 114 valence electrons. The van der Waals surface area contributed by atoms with Crippen LogP contribution in [0.1, 0.15) is 62.5 Å². The van der Waals surface area contributed by atoms with Crippen molar-refractivity contribution in [3.05, 3.63) is 35.4 Å². The molecular formula is C18H25NO2. The molecule has 3 rings (SSSR count). The second kappa shape index (κ2) is 6.18. The summed E-state index contributed by atoms with van der Waals surface area (Å²) in [5, 5.41) is 13.5. The van der Waals surface area contributed by atoms with E-state index in [2.05, 4.69) is 11.4 Å². The highest BCUT2D eigenvalue weighted by Gasteiger charge is 2.44. The van der Waals surface area contributed by atoms with Gasteiger partial charge in [-0.2, -0.15) is 0 Å². The van der Waals surface area contributed by atoms with E-state index >= 15 is 0 Å². The number of hydrogen-bond acceptors (Lipinski definition) is 2. The minimum Gasteiger partial charge on any atom is -0.480 e. The normalized spacial score (nSPS) is 26.9. The molecule has 0 saturated heterocycles. The van der Waals surface area contributed by atoms with Gasteiger partial charge in [0.05, 0.1) is 0 Å². The largest absolute Gasteiger partial charge is 0.480 e. The molecule has 1 atom stereocenters. The molecule has 1 aromatic rings. The van der Waals surface area contributed by atoms with Crippen molar-refractivity contribution in [1.82, 2.24) is 5.32 Å². The summed E-state index contributed by atoms with van der Waals surface area (Å²) < 4.78 is 0. The molecule has 2 aliphatic carbocycles. The van der Waals surface area contributed by atoms with Crippen molar-refractivity contribution in [1.29, 1.82) is 0 Å². The van der Waals surface area contributed by atoms with Crippen molar-refractivity contribution >= 4 is 5.97 Å². The van der Waals surface area contributed by atoms with E-state index in [1.807, 2.05) is 18.2 Å². The number of aryl methyl sites for hydroxylation is 1. The Balaban J connectivity index is 1.92. The maximum atomic E-state index is 12.1. The van der Waals surface area contributed by atoms with Gasteiger partial charge in [0.2, 0.25) is 0 Å². The van der Waals surface area contributed by atoms with Crippen LogP contribution in [0, 0.1) is 0 Å². The lowest BCUT2D eigenvalue weighted by molar-refractivity contribution is -0.146. The Morgan fingerprint density at radius 3 is 2.52 bits per heavy atom. The van der Waals surface area contributed by atoms with Crippen LogP contribution in [0.2, 0.25) is 0 Å². The number of benzene rings is 1. The van der Waals surface area contributed by atoms with Gasteiger partial charge in [-0.15, -0.1) is 0 Å². The molecule has 0 aliphatic heterocycles. The topological polar surface area (TPSA) is 49.3 Å². The molecule has 3 heteroatoms. The van der Waals surface area contributed by atoms with E-state index in [9.17, 15) is 9.90 Å². The molecule has 0 spiro atoms. The van der Waals surface area contributed by atoms with Crippen LogP contribution >= 0.6 is 0 Å². The van der Waals surface area contributed by atoms with Gasteiger partial charge in [-0.25, -0.2) is 4.79 Å². The van der Waals surface area contributed by atoms with E-state index in [0.717, 1.165) is 31.2 Å². The highest BCUT2D eigenvalue weighted by atomic mass is 16.4. The average Bonchev–Trinajstić information content (AvgIpc) is 2.76. The van der Waals surface area contributed by atoms with Crippen LogP contribution in [0.4, 0.5) is 0 Å². The zero-order valence-corrected chi connectivity index (χ0v) is 12.6. The van der Waals surface area contributed by atoms with E-state index in [-0.39, 0.29) is 0 Å². The van der Waals surface area contributed by atoms with Crippen molar-refractivity contribution < 1.29 is 9.90 Å². The first-order valence-corrected chi connectivity index (χ1v) is 8.32. The second-order valence-electron chi connectivity index (χ2n) is 6.55. The average molecular weight is 287 g/mol. The van der Waals surface area contributed by atoms with Gasteiger partial charge in [-0.1, -0.05) is 49.9 Å². The predicted octanol–water partition coefficient (Wildman–Crippen LogP) is 3.62. The van der Waals surface area contributed by atoms with Crippen molar-refractivity contribution in [3.63, 3.8) is 0 Å². The van der Waals surface area contributed by atoms with Crippen molar-refractivity contribution in [2.75, 3.05) is 0 Å². The summed E-state index contributed by atoms with van der Waals surface area (Å²) >= 11 is 0. The predicted molar refractivity (Wildman–Crippen MR) is 83.3 cm³/mol. The number of nitrogens with one attached hydrogen (secondary N) is 1. The summed E-state index contributed by atoms with van der Waals surface area (Å²) in [6.07, 6.45) is 9.87. The fourth-order valence-corrected chi connectivity index (χ4v) is 4.04. The fraction of sp³-hybridized carbons (Fsp3) is 0.611. The van der Waals surface area contributed by atoms with Gasteiger partial charge in [0.15, 0.2) is 0 Å². The van der Waals surface area contributed by atoms with Gasteiger partial charge in [0, 0.05) is 6.04 Å². The summed E-state index contributed by atoms with van der Waals surface area (Å²) in [5.74, 6) is -0.709. The Morgan fingerprint density at radius 1 is 1.10 bits per heavy atom. The number of carboxylic acids is 1. The Labute approximate surface area is 126 Å². The summed E-state index contributed by atoms with van der Waals surface area (Å²) in [6, 6.07) is 8.42. The van der Waals surface area contributed by atoms with Crippen molar-refractivity contribution in [2.45, 2.75) is 69.4 Å². The summed E-state index contributed by atoms with van der Waals surface area (Å²) in [6.45, 7) is 0. The third-order valence-electron chi connectivity index (χ3n) is 5.15. The molecular weight excluding hydrogens is 262 g/mol. The van der Waals surface area contributed by atoms with Crippen LogP contribution in [0.5, 0.6) is 0 Å². The Morgan fingerprint density at radius 2 is 1.81 bits per heavy atom. The molecule has 2 N–H and O–H groups in total. The first-order chi connectivity index (χ1) is 10.2. The van der Waals surface area contributed by atoms with Crippen LogP contribution < -0.4 is 5.32 Å². The van der Waals surface area contributed by atoms with E-state index < -0.39 is 11.5 Å². The third kappa shape index (κ3) is 2.84. The Hall–Kier alpha value is -1.35. The third-order valence-corrected chi connectivity index (χ3v) is 5.15. The Kier molecular flexibility index (Phi) is 4.29. The number of hydrogen-bond donors (Lipinski definition) is 2. The van der Waals surface area contributed by atoms with Gasteiger partial charge in [-0.3, -0.25) is 5.32 Å². The molecule has 0 bridgehead atoms. The molecule has 2 aliphatic rings.